The highest BCUT2D eigenvalue weighted by Gasteiger charge is 2.09. The second kappa shape index (κ2) is 8.11. The summed E-state index contributed by atoms with van der Waals surface area (Å²) in [4.78, 5) is 0. The highest BCUT2D eigenvalue weighted by molar-refractivity contribution is 5.35. The van der Waals surface area contributed by atoms with Crippen molar-refractivity contribution in [2.45, 2.75) is 39.7 Å². The highest BCUT2D eigenvalue weighted by atomic mass is 16.5. The van der Waals surface area contributed by atoms with Gasteiger partial charge in [-0.05, 0) is 44.9 Å². The Morgan fingerprint density at radius 3 is 2.72 bits per heavy atom. The second-order valence-electron chi connectivity index (χ2n) is 4.74. The quantitative estimate of drug-likeness (QED) is 0.745. The van der Waals surface area contributed by atoms with Gasteiger partial charge < -0.3 is 15.2 Å². The van der Waals surface area contributed by atoms with Crippen LogP contribution in [0.4, 0.5) is 0 Å². The molecule has 1 unspecified atom stereocenters. The molecule has 0 heterocycles. The molecule has 0 aliphatic heterocycles. The molecule has 3 heteroatoms. The monoisotopic (exact) mass is 251 g/mol. The van der Waals surface area contributed by atoms with E-state index >= 15 is 0 Å². The summed E-state index contributed by atoms with van der Waals surface area (Å²) in [6.45, 7) is 8.02. The summed E-state index contributed by atoms with van der Waals surface area (Å²) in [5, 5.41) is 12.4. The van der Waals surface area contributed by atoms with Crippen LogP contribution in [0.15, 0.2) is 18.2 Å². The van der Waals surface area contributed by atoms with E-state index in [9.17, 15) is 0 Å². The van der Waals surface area contributed by atoms with Gasteiger partial charge in [0.1, 0.15) is 12.4 Å². The van der Waals surface area contributed by atoms with Crippen LogP contribution in [0.1, 0.15) is 30.9 Å². The average molecular weight is 251 g/mol. The zero-order chi connectivity index (χ0) is 13.4. The number of aliphatic hydroxyl groups is 1. The van der Waals surface area contributed by atoms with Crippen molar-refractivity contribution in [3.05, 3.63) is 29.3 Å². The van der Waals surface area contributed by atoms with Gasteiger partial charge in [0.2, 0.25) is 0 Å². The van der Waals surface area contributed by atoms with E-state index in [4.69, 9.17) is 9.84 Å². The molecule has 0 radical (unpaired) electrons. The number of nitrogens with one attached hydrogen (secondary N) is 1. The number of benzene rings is 1. The first-order valence-electron chi connectivity index (χ1n) is 6.71. The van der Waals surface area contributed by atoms with Crippen molar-refractivity contribution in [2.24, 2.45) is 0 Å². The van der Waals surface area contributed by atoms with Crippen molar-refractivity contribution in [3.63, 3.8) is 0 Å². The lowest BCUT2D eigenvalue weighted by atomic mass is 10.1. The lowest BCUT2D eigenvalue weighted by Crippen LogP contribution is -2.36. The van der Waals surface area contributed by atoms with Gasteiger partial charge in [0.15, 0.2) is 0 Å². The van der Waals surface area contributed by atoms with Crippen LogP contribution in [-0.4, -0.2) is 30.9 Å². The van der Waals surface area contributed by atoms with Gasteiger partial charge in [-0.25, -0.2) is 0 Å². The number of hydrogen-bond donors (Lipinski definition) is 2. The Hall–Kier alpha value is -1.06. The summed E-state index contributed by atoms with van der Waals surface area (Å²) in [6, 6.07) is 6.41. The minimum atomic E-state index is 0.192. The Morgan fingerprint density at radius 1 is 1.33 bits per heavy atom. The molecule has 0 aromatic heterocycles. The zero-order valence-corrected chi connectivity index (χ0v) is 11.7. The molecule has 1 aromatic carbocycles. The molecular weight excluding hydrogens is 226 g/mol. The van der Waals surface area contributed by atoms with Crippen LogP contribution in [0.5, 0.6) is 5.75 Å². The molecule has 0 fully saturated rings. The lowest BCUT2D eigenvalue weighted by Gasteiger charge is -2.19. The van der Waals surface area contributed by atoms with Crippen LogP contribution < -0.4 is 10.1 Å². The summed E-state index contributed by atoms with van der Waals surface area (Å²) >= 11 is 0. The van der Waals surface area contributed by atoms with Crippen LogP contribution in [0.25, 0.3) is 0 Å². The first-order chi connectivity index (χ1) is 8.67. The van der Waals surface area contributed by atoms with Gasteiger partial charge in [0.05, 0.1) is 0 Å². The fourth-order valence-corrected chi connectivity index (χ4v) is 1.90. The number of aryl methyl sites for hydroxylation is 2. The van der Waals surface area contributed by atoms with E-state index in [1.54, 1.807) is 0 Å². The predicted octanol–water partition coefficient (Wildman–Crippen LogP) is 2.43. The molecule has 1 rings (SSSR count). The van der Waals surface area contributed by atoms with Crippen LogP contribution in [0.3, 0.4) is 0 Å². The van der Waals surface area contributed by atoms with E-state index in [0.717, 1.165) is 30.7 Å². The summed E-state index contributed by atoms with van der Waals surface area (Å²) in [5.74, 6) is 0.932. The normalized spacial score (nSPS) is 12.4. The van der Waals surface area contributed by atoms with Crippen molar-refractivity contribution in [2.75, 3.05) is 19.8 Å². The molecule has 3 nitrogen and oxygen atoms in total. The predicted molar refractivity (Wildman–Crippen MR) is 75.2 cm³/mol. The van der Waals surface area contributed by atoms with Gasteiger partial charge in [-0.3, -0.25) is 0 Å². The van der Waals surface area contributed by atoms with Crippen LogP contribution >= 0.6 is 0 Å². The van der Waals surface area contributed by atoms with Crippen LogP contribution in [0.2, 0.25) is 0 Å². The summed E-state index contributed by atoms with van der Waals surface area (Å²) in [7, 11) is 0. The minimum Gasteiger partial charge on any atom is -0.492 e. The van der Waals surface area contributed by atoms with E-state index in [2.05, 4.69) is 38.2 Å². The molecule has 0 amide bonds. The number of ether oxygens (including phenoxy) is 1. The van der Waals surface area contributed by atoms with Crippen LogP contribution in [-0.2, 0) is 0 Å². The SMILES string of the molecule is CCCNC(CCO)COc1ccc(C)cc1C. The molecule has 0 aliphatic carbocycles. The Kier molecular flexibility index (Phi) is 6.76. The summed E-state index contributed by atoms with van der Waals surface area (Å²) < 4.78 is 5.83. The Morgan fingerprint density at radius 2 is 2.11 bits per heavy atom. The zero-order valence-electron chi connectivity index (χ0n) is 11.7. The van der Waals surface area contributed by atoms with E-state index in [1.165, 1.54) is 5.56 Å². The second-order valence-corrected chi connectivity index (χ2v) is 4.74. The Balaban J connectivity index is 2.49. The maximum absolute atomic E-state index is 9.03. The molecule has 18 heavy (non-hydrogen) atoms. The van der Waals surface area contributed by atoms with Crippen LogP contribution in [0, 0.1) is 13.8 Å². The minimum absolute atomic E-state index is 0.192. The Bertz CT molecular complexity index is 352. The molecule has 0 bridgehead atoms. The summed E-state index contributed by atoms with van der Waals surface area (Å²) in [5.41, 5.74) is 2.41. The maximum Gasteiger partial charge on any atom is 0.122 e. The largest absolute Gasteiger partial charge is 0.492 e. The lowest BCUT2D eigenvalue weighted by molar-refractivity contribution is 0.213. The smallest absolute Gasteiger partial charge is 0.122 e. The van der Waals surface area contributed by atoms with Crippen molar-refractivity contribution in [3.8, 4) is 5.75 Å². The average Bonchev–Trinajstić information content (AvgIpc) is 2.34. The first-order valence-corrected chi connectivity index (χ1v) is 6.71. The van der Waals surface area contributed by atoms with E-state index < -0.39 is 0 Å². The third kappa shape index (κ3) is 5.07. The van der Waals surface area contributed by atoms with Crippen molar-refractivity contribution >= 4 is 0 Å². The van der Waals surface area contributed by atoms with Gasteiger partial charge in [-0.2, -0.15) is 0 Å². The van der Waals surface area contributed by atoms with E-state index in [1.807, 2.05) is 6.07 Å². The summed E-state index contributed by atoms with van der Waals surface area (Å²) in [6.07, 6.45) is 1.82. The molecular formula is C15H25NO2. The van der Waals surface area contributed by atoms with Gasteiger partial charge in [0, 0.05) is 12.6 Å². The third-order valence-electron chi connectivity index (χ3n) is 2.93. The molecule has 0 saturated carbocycles. The van der Waals surface area contributed by atoms with Gasteiger partial charge >= 0.3 is 0 Å². The topological polar surface area (TPSA) is 41.5 Å². The molecule has 102 valence electrons. The number of hydrogen-bond acceptors (Lipinski definition) is 3. The van der Waals surface area contributed by atoms with E-state index in [0.29, 0.717) is 6.61 Å². The molecule has 0 aliphatic rings. The maximum atomic E-state index is 9.03. The molecule has 2 N–H and O–H groups in total. The highest BCUT2D eigenvalue weighted by Crippen LogP contribution is 2.18. The molecule has 0 spiro atoms. The Labute approximate surface area is 110 Å². The molecule has 0 saturated heterocycles. The molecule has 1 aromatic rings. The van der Waals surface area contributed by atoms with Gasteiger partial charge in [0.25, 0.3) is 0 Å². The van der Waals surface area contributed by atoms with Crippen molar-refractivity contribution in [1.82, 2.24) is 5.32 Å². The fraction of sp³-hybridized carbons (Fsp3) is 0.600. The van der Waals surface area contributed by atoms with Gasteiger partial charge in [-0.15, -0.1) is 0 Å². The third-order valence-corrected chi connectivity index (χ3v) is 2.93. The van der Waals surface area contributed by atoms with Crippen molar-refractivity contribution in [1.29, 1.82) is 0 Å². The standard InChI is InChI=1S/C15H25NO2/c1-4-8-16-14(7-9-17)11-18-15-6-5-12(2)10-13(15)3/h5-6,10,14,16-17H,4,7-9,11H2,1-3H3. The van der Waals surface area contributed by atoms with Crippen molar-refractivity contribution < 1.29 is 9.84 Å². The van der Waals surface area contributed by atoms with Gasteiger partial charge in [-0.1, -0.05) is 24.6 Å². The molecule has 1 atom stereocenters. The number of aliphatic hydroxyl groups excluding tert-OH is 1. The fourth-order valence-electron chi connectivity index (χ4n) is 1.90. The number of rotatable bonds is 8. The first kappa shape index (κ1) is 15.0. The van der Waals surface area contributed by atoms with E-state index in [-0.39, 0.29) is 12.6 Å².